The highest BCUT2D eigenvalue weighted by Gasteiger charge is 2.26. The zero-order chi connectivity index (χ0) is 10.8. The summed E-state index contributed by atoms with van der Waals surface area (Å²) in [6, 6.07) is 5.02. The average molecular weight is 212 g/mol. The van der Waals surface area contributed by atoms with Crippen molar-refractivity contribution in [2.45, 2.75) is 12.2 Å². The number of hydrogen-bond acceptors (Lipinski definition) is 5. The van der Waals surface area contributed by atoms with Crippen LogP contribution in [0.2, 0.25) is 0 Å². The molecule has 1 heterocycles. The number of fused-ring (bicyclic) bond motifs is 1. The molecular weight excluding hydrogens is 200 g/mol. The molecule has 0 fully saturated rings. The Kier molecular flexibility index (Phi) is 2.77. The Hall–Kier alpha value is -1.30. The molecule has 5 nitrogen and oxygen atoms in total. The minimum Gasteiger partial charge on any atom is -0.454 e. The van der Waals surface area contributed by atoms with E-state index in [1.54, 1.807) is 18.2 Å². The van der Waals surface area contributed by atoms with Crippen molar-refractivity contribution in [3.63, 3.8) is 0 Å². The van der Waals surface area contributed by atoms with Crippen LogP contribution in [0.1, 0.15) is 11.7 Å². The summed E-state index contributed by atoms with van der Waals surface area (Å²) < 4.78 is 10.3. The van der Waals surface area contributed by atoms with Crippen LogP contribution < -0.4 is 9.47 Å². The van der Waals surface area contributed by atoms with E-state index < -0.39 is 18.8 Å². The Labute approximate surface area is 86.5 Å². The normalized spacial score (nSPS) is 17.5. The van der Waals surface area contributed by atoms with Crippen LogP contribution in [0.15, 0.2) is 18.2 Å². The number of aliphatic hydroxyl groups is 3. The predicted octanol–water partition coefficient (Wildman–Crippen LogP) is -0.198. The van der Waals surface area contributed by atoms with Crippen molar-refractivity contribution in [2.24, 2.45) is 0 Å². The molecule has 0 aliphatic carbocycles. The molecule has 0 aromatic heterocycles. The van der Waals surface area contributed by atoms with Crippen LogP contribution in [0.25, 0.3) is 0 Å². The van der Waals surface area contributed by atoms with Crippen molar-refractivity contribution in [1.82, 2.24) is 0 Å². The van der Waals surface area contributed by atoms with Gasteiger partial charge >= 0.3 is 0 Å². The van der Waals surface area contributed by atoms with Gasteiger partial charge in [-0.15, -0.1) is 0 Å². The van der Waals surface area contributed by atoms with Gasteiger partial charge in [0.25, 0.3) is 0 Å². The maximum atomic E-state index is 9.71. The first-order valence-electron chi connectivity index (χ1n) is 4.59. The molecule has 0 amide bonds. The number of aliphatic hydroxyl groups excluding tert-OH is 3. The fourth-order valence-electron chi connectivity index (χ4n) is 1.49. The van der Waals surface area contributed by atoms with E-state index in [0.717, 1.165) is 0 Å². The van der Waals surface area contributed by atoms with Crippen LogP contribution >= 0.6 is 0 Å². The van der Waals surface area contributed by atoms with Gasteiger partial charge in [0.15, 0.2) is 11.5 Å². The van der Waals surface area contributed by atoms with Crippen LogP contribution in [-0.2, 0) is 0 Å². The van der Waals surface area contributed by atoms with Crippen LogP contribution in [0.5, 0.6) is 11.5 Å². The van der Waals surface area contributed by atoms with E-state index in [1.165, 1.54) is 0 Å². The summed E-state index contributed by atoms with van der Waals surface area (Å²) in [5.41, 5.74) is 0.423. The van der Waals surface area contributed by atoms with E-state index in [0.29, 0.717) is 17.1 Å². The van der Waals surface area contributed by atoms with E-state index >= 15 is 0 Å². The van der Waals surface area contributed by atoms with E-state index in [4.69, 9.17) is 14.6 Å². The Balaban J connectivity index is 2.32. The van der Waals surface area contributed by atoms with Gasteiger partial charge in [-0.1, -0.05) is 12.1 Å². The minimum absolute atomic E-state index is 0.105. The summed E-state index contributed by atoms with van der Waals surface area (Å²) in [5, 5.41) is 27.8. The molecule has 5 heteroatoms. The fourth-order valence-corrected chi connectivity index (χ4v) is 1.49. The van der Waals surface area contributed by atoms with Gasteiger partial charge in [0.2, 0.25) is 6.79 Å². The summed E-state index contributed by atoms with van der Waals surface area (Å²) in [6.07, 6.45) is -2.40. The van der Waals surface area contributed by atoms with Gasteiger partial charge in [0.1, 0.15) is 12.2 Å². The predicted molar refractivity (Wildman–Crippen MR) is 50.6 cm³/mol. The highest BCUT2D eigenvalue weighted by Crippen LogP contribution is 2.39. The summed E-state index contributed by atoms with van der Waals surface area (Å²) in [5.74, 6) is 0.967. The molecule has 1 aliphatic heterocycles. The van der Waals surface area contributed by atoms with Crippen LogP contribution in [0.4, 0.5) is 0 Å². The maximum absolute atomic E-state index is 9.71. The highest BCUT2D eigenvalue weighted by atomic mass is 16.7. The summed E-state index contributed by atoms with van der Waals surface area (Å²) >= 11 is 0. The van der Waals surface area contributed by atoms with E-state index in [2.05, 4.69) is 0 Å². The number of hydrogen-bond donors (Lipinski definition) is 3. The lowest BCUT2D eigenvalue weighted by Gasteiger charge is -2.17. The van der Waals surface area contributed by atoms with Gasteiger partial charge in [-0.3, -0.25) is 0 Å². The lowest BCUT2D eigenvalue weighted by Crippen LogP contribution is -2.22. The topological polar surface area (TPSA) is 79.2 Å². The molecule has 2 unspecified atom stereocenters. The van der Waals surface area contributed by atoms with E-state index in [9.17, 15) is 10.2 Å². The smallest absolute Gasteiger partial charge is 0.231 e. The molecule has 1 aliphatic rings. The van der Waals surface area contributed by atoms with Gasteiger partial charge in [0, 0.05) is 5.56 Å². The van der Waals surface area contributed by atoms with Crippen molar-refractivity contribution in [1.29, 1.82) is 0 Å². The van der Waals surface area contributed by atoms with E-state index in [1.807, 2.05) is 0 Å². The molecule has 0 spiro atoms. The lowest BCUT2D eigenvalue weighted by molar-refractivity contribution is -0.0163. The first-order chi connectivity index (χ1) is 7.24. The Bertz CT molecular complexity index is 352. The van der Waals surface area contributed by atoms with E-state index in [-0.39, 0.29) is 6.79 Å². The third kappa shape index (κ3) is 1.77. The van der Waals surface area contributed by atoms with Crippen LogP contribution in [0, 0.1) is 0 Å². The Morgan fingerprint density at radius 2 is 2.07 bits per heavy atom. The largest absolute Gasteiger partial charge is 0.454 e. The molecule has 1 aromatic carbocycles. The third-order valence-corrected chi connectivity index (χ3v) is 2.30. The van der Waals surface area contributed by atoms with Gasteiger partial charge in [-0.2, -0.15) is 0 Å². The minimum atomic E-state index is -1.22. The van der Waals surface area contributed by atoms with Crippen LogP contribution in [0.3, 0.4) is 0 Å². The number of ether oxygens (including phenoxy) is 2. The van der Waals surface area contributed by atoms with Crippen molar-refractivity contribution >= 4 is 0 Å². The zero-order valence-corrected chi connectivity index (χ0v) is 7.96. The average Bonchev–Trinajstić information content (AvgIpc) is 2.74. The molecular formula is C10H12O5. The number of benzene rings is 1. The van der Waals surface area contributed by atoms with Gasteiger partial charge in [-0.05, 0) is 6.07 Å². The molecule has 2 rings (SSSR count). The monoisotopic (exact) mass is 212 g/mol. The Morgan fingerprint density at radius 1 is 1.27 bits per heavy atom. The SMILES string of the molecule is OCC(O)C(O)c1cccc2c1OCO2. The van der Waals surface area contributed by atoms with Gasteiger partial charge in [0.05, 0.1) is 6.61 Å². The molecule has 15 heavy (non-hydrogen) atoms. The molecule has 0 radical (unpaired) electrons. The molecule has 2 atom stereocenters. The van der Waals surface area contributed by atoms with Crippen LogP contribution in [-0.4, -0.2) is 34.8 Å². The lowest BCUT2D eigenvalue weighted by atomic mass is 10.0. The van der Waals surface area contributed by atoms with Crippen molar-refractivity contribution in [2.75, 3.05) is 13.4 Å². The zero-order valence-electron chi connectivity index (χ0n) is 7.96. The second kappa shape index (κ2) is 4.06. The quantitative estimate of drug-likeness (QED) is 0.646. The summed E-state index contributed by atoms with van der Waals surface area (Å²) in [6.45, 7) is -0.403. The molecule has 82 valence electrons. The van der Waals surface area contributed by atoms with Gasteiger partial charge < -0.3 is 24.8 Å². The first kappa shape index (κ1) is 10.2. The summed E-state index contributed by atoms with van der Waals surface area (Å²) in [4.78, 5) is 0. The fraction of sp³-hybridized carbons (Fsp3) is 0.400. The molecule has 0 saturated heterocycles. The number of para-hydroxylation sites is 1. The van der Waals surface area contributed by atoms with Crippen molar-refractivity contribution < 1.29 is 24.8 Å². The third-order valence-electron chi connectivity index (χ3n) is 2.30. The highest BCUT2D eigenvalue weighted by molar-refractivity contribution is 5.49. The molecule has 3 N–H and O–H groups in total. The molecule has 0 bridgehead atoms. The molecule has 1 aromatic rings. The second-order valence-corrected chi connectivity index (χ2v) is 3.28. The standard InChI is InChI=1S/C10H12O5/c11-4-7(12)9(13)6-2-1-3-8-10(6)15-5-14-8/h1-3,7,9,11-13H,4-5H2. The summed E-state index contributed by atoms with van der Waals surface area (Å²) in [7, 11) is 0. The maximum Gasteiger partial charge on any atom is 0.231 e. The number of rotatable bonds is 3. The first-order valence-corrected chi connectivity index (χ1v) is 4.59. The van der Waals surface area contributed by atoms with Gasteiger partial charge in [-0.25, -0.2) is 0 Å². The van der Waals surface area contributed by atoms with Crippen molar-refractivity contribution in [3.05, 3.63) is 23.8 Å². The van der Waals surface area contributed by atoms with Crippen molar-refractivity contribution in [3.8, 4) is 11.5 Å². The molecule has 0 saturated carbocycles. The second-order valence-electron chi connectivity index (χ2n) is 3.28. The Morgan fingerprint density at radius 3 is 2.80 bits per heavy atom.